The van der Waals surface area contributed by atoms with Crippen LogP contribution >= 0.6 is 11.8 Å². The Labute approximate surface area is 111 Å². The number of carboxylic acids is 1. The van der Waals surface area contributed by atoms with Crippen LogP contribution in [0.4, 0.5) is 0 Å². The lowest BCUT2D eigenvalue weighted by Gasteiger charge is -2.23. The van der Waals surface area contributed by atoms with E-state index in [0.717, 1.165) is 12.8 Å². The van der Waals surface area contributed by atoms with Crippen molar-refractivity contribution in [2.45, 2.75) is 43.9 Å². The molecule has 2 unspecified atom stereocenters. The second kappa shape index (κ2) is 6.10. The maximum absolute atomic E-state index is 11.7. The van der Waals surface area contributed by atoms with Crippen molar-refractivity contribution in [3.8, 4) is 6.07 Å². The average molecular weight is 270 g/mol. The van der Waals surface area contributed by atoms with Crippen molar-refractivity contribution in [2.75, 3.05) is 5.75 Å². The Balaban J connectivity index is 2.33. The number of carbonyl (C=O) groups is 2. The number of nitrogens with zero attached hydrogens (tertiary/aromatic N) is 1. The molecule has 1 aliphatic carbocycles. The van der Waals surface area contributed by atoms with E-state index in [1.54, 1.807) is 13.8 Å². The number of rotatable bonds is 7. The van der Waals surface area contributed by atoms with Gasteiger partial charge in [-0.25, -0.2) is 0 Å². The van der Waals surface area contributed by atoms with Gasteiger partial charge in [-0.3, -0.25) is 9.59 Å². The molecule has 6 heteroatoms. The first-order valence-electron chi connectivity index (χ1n) is 5.93. The number of aliphatic carboxylic acids is 1. The topological polar surface area (TPSA) is 90.2 Å². The van der Waals surface area contributed by atoms with Crippen LogP contribution in [-0.2, 0) is 9.59 Å². The molecule has 18 heavy (non-hydrogen) atoms. The van der Waals surface area contributed by atoms with Crippen molar-refractivity contribution >= 4 is 23.6 Å². The minimum atomic E-state index is -0.866. The summed E-state index contributed by atoms with van der Waals surface area (Å²) in [6, 6.07) is 2.16. The highest BCUT2D eigenvalue weighted by Gasteiger charge is 2.42. The smallest absolute Gasteiger partial charge is 0.304 e. The van der Waals surface area contributed by atoms with Gasteiger partial charge in [-0.05, 0) is 25.7 Å². The Morgan fingerprint density at radius 2 is 2.22 bits per heavy atom. The van der Waals surface area contributed by atoms with Gasteiger partial charge in [-0.15, -0.1) is 11.8 Å². The standard InChI is InChI=1S/C12H18N2O3S/c1-8(5-11(16)17)18-6-10(15)14-12(2,7-13)9-3-4-9/h8-9H,3-6H2,1-2H3,(H,14,15)(H,16,17). The van der Waals surface area contributed by atoms with Crippen molar-refractivity contribution in [3.63, 3.8) is 0 Å². The van der Waals surface area contributed by atoms with Gasteiger partial charge in [0.15, 0.2) is 0 Å². The monoisotopic (exact) mass is 270 g/mol. The number of carboxylic acid groups (broad SMARTS) is 1. The molecule has 0 bridgehead atoms. The molecule has 0 heterocycles. The van der Waals surface area contributed by atoms with E-state index in [4.69, 9.17) is 10.4 Å². The SMILES string of the molecule is CC(CC(=O)O)SCC(=O)NC(C)(C#N)C1CC1. The van der Waals surface area contributed by atoms with Gasteiger partial charge in [0.1, 0.15) is 5.54 Å². The molecular weight excluding hydrogens is 252 g/mol. The minimum absolute atomic E-state index is 0.0378. The number of carbonyl (C=O) groups excluding carboxylic acids is 1. The highest BCUT2D eigenvalue weighted by Crippen LogP contribution is 2.39. The zero-order chi connectivity index (χ0) is 13.8. The predicted octanol–water partition coefficient (Wildman–Crippen LogP) is 1.39. The van der Waals surface area contributed by atoms with E-state index in [2.05, 4.69) is 11.4 Å². The average Bonchev–Trinajstić information content (AvgIpc) is 3.09. The highest BCUT2D eigenvalue weighted by atomic mass is 32.2. The third kappa shape index (κ3) is 4.57. The van der Waals surface area contributed by atoms with Gasteiger partial charge < -0.3 is 10.4 Å². The lowest BCUT2D eigenvalue weighted by atomic mass is 9.98. The third-order valence-electron chi connectivity index (χ3n) is 2.99. The molecule has 100 valence electrons. The van der Waals surface area contributed by atoms with Crippen molar-refractivity contribution in [1.29, 1.82) is 5.26 Å². The predicted molar refractivity (Wildman–Crippen MR) is 69.1 cm³/mol. The van der Waals surface area contributed by atoms with Crippen LogP contribution in [0.3, 0.4) is 0 Å². The molecule has 1 saturated carbocycles. The van der Waals surface area contributed by atoms with Crippen molar-refractivity contribution in [1.82, 2.24) is 5.32 Å². The normalized spacial score (nSPS) is 19.4. The molecule has 2 atom stereocenters. The van der Waals surface area contributed by atoms with E-state index in [1.165, 1.54) is 11.8 Å². The Bertz CT molecular complexity index is 376. The summed E-state index contributed by atoms with van der Waals surface area (Å²) in [6.07, 6.45) is 2.00. The highest BCUT2D eigenvalue weighted by molar-refractivity contribution is 8.00. The number of hydrogen-bond acceptors (Lipinski definition) is 4. The fraction of sp³-hybridized carbons (Fsp3) is 0.750. The van der Waals surface area contributed by atoms with Gasteiger partial charge in [0, 0.05) is 5.25 Å². The van der Waals surface area contributed by atoms with Crippen LogP contribution in [0, 0.1) is 17.2 Å². The van der Waals surface area contributed by atoms with Gasteiger partial charge in [-0.1, -0.05) is 6.92 Å². The zero-order valence-electron chi connectivity index (χ0n) is 10.6. The van der Waals surface area contributed by atoms with Crippen molar-refractivity contribution in [3.05, 3.63) is 0 Å². The van der Waals surface area contributed by atoms with Crippen LogP contribution in [0.5, 0.6) is 0 Å². The third-order valence-corrected chi connectivity index (χ3v) is 4.15. The lowest BCUT2D eigenvalue weighted by Crippen LogP contribution is -2.47. The van der Waals surface area contributed by atoms with Crippen LogP contribution in [-0.4, -0.2) is 33.5 Å². The quantitative estimate of drug-likeness (QED) is 0.729. The van der Waals surface area contributed by atoms with Crippen LogP contribution in [0.25, 0.3) is 0 Å². The molecule has 1 aliphatic rings. The van der Waals surface area contributed by atoms with Gasteiger partial charge in [-0.2, -0.15) is 5.26 Å². The van der Waals surface area contributed by atoms with Crippen molar-refractivity contribution in [2.24, 2.45) is 5.92 Å². The molecule has 0 aromatic heterocycles. The van der Waals surface area contributed by atoms with E-state index < -0.39 is 11.5 Å². The second-order valence-corrected chi connectivity index (χ2v) is 6.28. The van der Waals surface area contributed by atoms with Gasteiger partial charge >= 0.3 is 5.97 Å². The van der Waals surface area contributed by atoms with Gasteiger partial charge in [0.25, 0.3) is 0 Å². The second-order valence-electron chi connectivity index (χ2n) is 4.86. The van der Waals surface area contributed by atoms with Crippen LogP contribution in [0.2, 0.25) is 0 Å². The number of thioether (sulfide) groups is 1. The maximum Gasteiger partial charge on any atom is 0.304 e. The van der Waals surface area contributed by atoms with Crippen LogP contribution in [0.1, 0.15) is 33.1 Å². The Kier molecular flexibility index (Phi) is 5.03. The number of nitriles is 1. The summed E-state index contributed by atoms with van der Waals surface area (Å²) in [6.45, 7) is 3.52. The number of nitrogens with one attached hydrogen (secondary N) is 1. The Morgan fingerprint density at radius 1 is 1.61 bits per heavy atom. The molecular formula is C12H18N2O3S. The van der Waals surface area contributed by atoms with E-state index in [9.17, 15) is 9.59 Å². The summed E-state index contributed by atoms with van der Waals surface area (Å²) >= 11 is 1.29. The molecule has 1 fully saturated rings. The summed E-state index contributed by atoms with van der Waals surface area (Å²) in [5, 5.41) is 20.3. The summed E-state index contributed by atoms with van der Waals surface area (Å²) in [7, 11) is 0. The van der Waals surface area contributed by atoms with Gasteiger partial charge in [0.05, 0.1) is 18.2 Å². The van der Waals surface area contributed by atoms with Crippen LogP contribution in [0.15, 0.2) is 0 Å². The van der Waals surface area contributed by atoms with E-state index in [1.807, 2.05) is 0 Å². The number of amides is 1. The molecule has 1 rings (SSSR count). The first-order chi connectivity index (χ1) is 8.37. The largest absolute Gasteiger partial charge is 0.481 e. The molecule has 0 aliphatic heterocycles. The minimum Gasteiger partial charge on any atom is -0.481 e. The first-order valence-corrected chi connectivity index (χ1v) is 6.98. The fourth-order valence-corrected chi connectivity index (χ4v) is 2.50. The molecule has 0 saturated heterocycles. The Hall–Kier alpha value is -1.22. The molecule has 0 aromatic carbocycles. The van der Waals surface area contributed by atoms with E-state index in [0.29, 0.717) is 0 Å². The maximum atomic E-state index is 11.7. The number of hydrogen-bond donors (Lipinski definition) is 2. The lowest BCUT2D eigenvalue weighted by molar-refractivity contribution is -0.136. The summed E-state index contributed by atoms with van der Waals surface area (Å²) in [5.74, 6) is -0.616. The van der Waals surface area contributed by atoms with Crippen molar-refractivity contribution < 1.29 is 14.7 Å². The zero-order valence-corrected chi connectivity index (χ0v) is 11.4. The van der Waals surface area contributed by atoms with Gasteiger partial charge in [0.2, 0.25) is 5.91 Å². The van der Waals surface area contributed by atoms with E-state index in [-0.39, 0.29) is 29.2 Å². The molecule has 5 nitrogen and oxygen atoms in total. The molecule has 0 spiro atoms. The molecule has 0 aromatic rings. The summed E-state index contributed by atoms with van der Waals surface area (Å²) in [4.78, 5) is 22.2. The first kappa shape index (κ1) is 14.8. The molecule has 0 radical (unpaired) electrons. The summed E-state index contributed by atoms with van der Waals surface area (Å²) < 4.78 is 0. The molecule has 2 N–H and O–H groups in total. The fourth-order valence-electron chi connectivity index (χ4n) is 1.73. The Morgan fingerprint density at radius 3 is 2.67 bits per heavy atom. The summed E-state index contributed by atoms with van der Waals surface area (Å²) in [5.41, 5.74) is -0.770. The van der Waals surface area contributed by atoms with E-state index >= 15 is 0 Å². The molecule has 1 amide bonds. The van der Waals surface area contributed by atoms with Crippen LogP contribution < -0.4 is 5.32 Å².